The third kappa shape index (κ3) is 3.53. The van der Waals surface area contributed by atoms with E-state index < -0.39 is 0 Å². The van der Waals surface area contributed by atoms with Crippen molar-refractivity contribution >= 4 is 28.9 Å². The Morgan fingerprint density at radius 3 is 2.88 bits per heavy atom. The molecule has 1 aliphatic rings. The fraction of sp³-hybridized carbons (Fsp3) is 0.294. The Bertz CT molecular complexity index is 856. The lowest BCUT2D eigenvalue weighted by atomic mass is 10.1. The van der Waals surface area contributed by atoms with E-state index in [9.17, 15) is 4.79 Å². The van der Waals surface area contributed by atoms with Gasteiger partial charge in [-0.1, -0.05) is 11.2 Å². The van der Waals surface area contributed by atoms with Crippen molar-refractivity contribution < 1.29 is 9.32 Å². The highest BCUT2D eigenvalue weighted by molar-refractivity contribution is 7.13. The number of carbonyl (C=O) groups is 1. The van der Waals surface area contributed by atoms with E-state index in [4.69, 9.17) is 4.52 Å². The molecule has 8 heteroatoms. The van der Waals surface area contributed by atoms with Crippen LogP contribution in [0.1, 0.15) is 29.8 Å². The SMILES string of the molecule is O=C(Nc1cc(-c2cccs2)no1)c1cc(N2CCCCC2)ncn1. The van der Waals surface area contributed by atoms with Crippen molar-refractivity contribution in [3.8, 4) is 10.6 Å². The van der Waals surface area contributed by atoms with E-state index in [1.54, 1.807) is 23.5 Å². The molecule has 128 valence electrons. The van der Waals surface area contributed by atoms with Gasteiger partial charge >= 0.3 is 0 Å². The van der Waals surface area contributed by atoms with E-state index in [2.05, 4.69) is 25.3 Å². The normalized spacial score (nSPS) is 14.5. The molecule has 1 amide bonds. The predicted molar refractivity (Wildman–Crippen MR) is 95.9 cm³/mol. The maximum atomic E-state index is 12.4. The number of hydrogen-bond acceptors (Lipinski definition) is 7. The molecule has 1 saturated heterocycles. The largest absolute Gasteiger partial charge is 0.357 e. The zero-order valence-electron chi connectivity index (χ0n) is 13.5. The summed E-state index contributed by atoms with van der Waals surface area (Å²) in [6.07, 6.45) is 4.97. The van der Waals surface area contributed by atoms with Gasteiger partial charge in [-0.05, 0) is 30.7 Å². The number of piperidine rings is 1. The zero-order valence-corrected chi connectivity index (χ0v) is 14.3. The lowest BCUT2D eigenvalue weighted by molar-refractivity contribution is 0.101. The van der Waals surface area contributed by atoms with Gasteiger partial charge in [0.25, 0.3) is 5.91 Å². The molecule has 0 bridgehead atoms. The number of nitrogens with one attached hydrogen (secondary N) is 1. The summed E-state index contributed by atoms with van der Waals surface area (Å²) in [7, 11) is 0. The molecule has 0 saturated carbocycles. The lowest BCUT2D eigenvalue weighted by Crippen LogP contribution is -2.30. The minimum absolute atomic E-state index is 0.298. The highest BCUT2D eigenvalue weighted by atomic mass is 32.1. The third-order valence-electron chi connectivity index (χ3n) is 4.09. The molecular formula is C17H17N5O2S. The Morgan fingerprint density at radius 1 is 1.20 bits per heavy atom. The molecule has 0 unspecified atom stereocenters. The van der Waals surface area contributed by atoms with Gasteiger partial charge < -0.3 is 9.42 Å². The molecule has 4 rings (SSSR count). The summed E-state index contributed by atoms with van der Waals surface area (Å²) in [6, 6.07) is 7.31. The minimum atomic E-state index is -0.338. The summed E-state index contributed by atoms with van der Waals surface area (Å²) in [6.45, 7) is 1.93. The second-order valence-electron chi connectivity index (χ2n) is 5.82. The zero-order chi connectivity index (χ0) is 17.1. The van der Waals surface area contributed by atoms with Crippen LogP contribution in [0.15, 0.2) is 40.5 Å². The number of carbonyl (C=O) groups excluding carboxylic acids is 1. The monoisotopic (exact) mass is 355 g/mol. The minimum Gasteiger partial charge on any atom is -0.357 e. The number of hydrogen-bond donors (Lipinski definition) is 1. The second-order valence-corrected chi connectivity index (χ2v) is 6.76. The van der Waals surface area contributed by atoms with Crippen LogP contribution in [-0.4, -0.2) is 34.1 Å². The molecule has 7 nitrogen and oxygen atoms in total. The third-order valence-corrected chi connectivity index (χ3v) is 4.98. The van der Waals surface area contributed by atoms with Gasteiger partial charge in [-0.15, -0.1) is 11.3 Å². The summed E-state index contributed by atoms with van der Waals surface area (Å²) in [4.78, 5) is 24.0. The predicted octanol–water partition coefficient (Wildman–Crippen LogP) is 3.44. The number of rotatable bonds is 4. The van der Waals surface area contributed by atoms with Gasteiger partial charge in [-0.2, -0.15) is 0 Å². The maximum absolute atomic E-state index is 12.4. The average Bonchev–Trinajstić information content (AvgIpc) is 3.34. The van der Waals surface area contributed by atoms with Gasteiger partial charge in [0.2, 0.25) is 5.88 Å². The van der Waals surface area contributed by atoms with Crippen LogP contribution in [0.2, 0.25) is 0 Å². The molecule has 1 N–H and O–H groups in total. The van der Waals surface area contributed by atoms with E-state index in [1.807, 2.05) is 17.5 Å². The molecule has 1 fully saturated rings. The first-order chi connectivity index (χ1) is 12.3. The molecule has 0 spiro atoms. The molecule has 0 aliphatic carbocycles. The second kappa shape index (κ2) is 7.02. The number of amides is 1. The number of aromatic nitrogens is 3. The van der Waals surface area contributed by atoms with Gasteiger partial charge in [-0.3, -0.25) is 10.1 Å². The standard InChI is InChI=1S/C17H17N5O2S/c23-17(20-16-10-12(21-24-16)14-5-4-8-25-14)13-9-15(19-11-18-13)22-6-2-1-3-7-22/h4-5,8-11H,1-3,6-7H2,(H,20,23). The van der Waals surface area contributed by atoms with E-state index in [0.29, 0.717) is 17.3 Å². The highest BCUT2D eigenvalue weighted by Gasteiger charge is 2.17. The Balaban J connectivity index is 1.47. The number of anilines is 2. The van der Waals surface area contributed by atoms with Crippen LogP contribution < -0.4 is 10.2 Å². The van der Waals surface area contributed by atoms with Crippen molar-refractivity contribution in [2.45, 2.75) is 19.3 Å². The van der Waals surface area contributed by atoms with Gasteiger partial charge in [-0.25, -0.2) is 9.97 Å². The van der Waals surface area contributed by atoms with Crippen LogP contribution in [0.25, 0.3) is 10.6 Å². The van der Waals surface area contributed by atoms with Crippen molar-refractivity contribution in [2.75, 3.05) is 23.3 Å². The molecule has 0 radical (unpaired) electrons. The van der Waals surface area contributed by atoms with Crippen LogP contribution in [-0.2, 0) is 0 Å². The van der Waals surface area contributed by atoms with Crippen LogP contribution in [0, 0.1) is 0 Å². The fourth-order valence-corrected chi connectivity index (χ4v) is 3.50. The maximum Gasteiger partial charge on any atom is 0.276 e. The molecule has 3 aromatic rings. The number of nitrogens with zero attached hydrogens (tertiary/aromatic N) is 4. The smallest absolute Gasteiger partial charge is 0.276 e. The van der Waals surface area contributed by atoms with Gasteiger partial charge in [0.1, 0.15) is 23.5 Å². The molecule has 0 atom stereocenters. The topological polar surface area (TPSA) is 84.2 Å². The Kier molecular flexibility index (Phi) is 4.43. The van der Waals surface area contributed by atoms with Crippen LogP contribution in [0.5, 0.6) is 0 Å². The van der Waals surface area contributed by atoms with Crippen LogP contribution in [0.4, 0.5) is 11.7 Å². The van der Waals surface area contributed by atoms with E-state index >= 15 is 0 Å². The molecule has 25 heavy (non-hydrogen) atoms. The average molecular weight is 355 g/mol. The van der Waals surface area contributed by atoms with Gasteiger partial charge in [0.05, 0.1) is 4.88 Å². The van der Waals surface area contributed by atoms with Gasteiger partial charge in [0.15, 0.2) is 0 Å². The summed E-state index contributed by atoms with van der Waals surface area (Å²) >= 11 is 1.56. The Morgan fingerprint density at radius 2 is 2.08 bits per heavy atom. The summed E-state index contributed by atoms with van der Waals surface area (Å²) in [5, 5.41) is 8.64. The summed E-state index contributed by atoms with van der Waals surface area (Å²) < 4.78 is 5.20. The lowest BCUT2D eigenvalue weighted by Gasteiger charge is -2.27. The Hall–Kier alpha value is -2.74. The van der Waals surface area contributed by atoms with E-state index in [0.717, 1.165) is 36.6 Å². The van der Waals surface area contributed by atoms with Crippen LogP contribution in [0.3, 0.4) is 0 Å². The summed E-state index contributed by atoms with van der Waals surface area (Å²) in [5.74, 6) is 0.748. The Labute approximate surface area is 148 Å². The molecule has 1 aliphatic heterocycles. The first-order valence-electron chi connectivity index (χ1n) is 8.18. The van der Waals surface area contributed by atoms with Crippen molar-refractivity contribution in [3.05, 3.63) is 41.7 Å². The van der Waals surface area contributed by atoms with E-state index in [-0.39, 0.29) is 5.91 Å². The molecule has 0 aromatic carbocycles. The first-order valence-corrected chi connectivity index (χ1v) is 9.06. The summed E-state index contributed by atoms with van der Waals surface area (Å²) in [5.41, 5.74) is 1.01. The van der Waals surface area contributed by atoms with E-state index in [1.165, 1.54) is 12.7 Å². The van der Waals surface area contributed by atoms with Crippen molar-refractivity contribution in [1.29, 1.82) is 0 Å². The fourth-order valence-electron chi connectivity index (χ4n) is 2.82. The van der Waals surface area contributed by atoms with Crippen molar-refractivity contribution in [3.63, 3.8) is 0 Å². The number of thiophene rings is 1. The van der Waals surface area contributed by atoms with Crippen molar-refractivity contribution in [1.82, 2.24) is 15.1 Å². The van der Waals surface area contributed by atoms with Gasteiger partial charge in [0, 0.05) is 25.2 Å². The highest BCUT2D eigenvalue weighted by Crippen LogP contribution is 2.26. The van der Waals surface area contributed by atoms with Crippen molar-refractivity contribution in [2.24, 2.45) is 0 Å². The molecular weight excluding hydrogens is 338 g/mol. The first kappa shape index (κ1) is 15.8. The quantitative estimate of drug-likeness (QED) is 0.772. The molecule has 4 heterocycles. The van der Waals surface area contributed by atoms with Crippen LogP contribution >= 0.6 is 11.3 Å². The molecule has 3 aromatic heterocycles.